The summed E-state index contributed by atoms with van der Waals surface area (Å²) < 4.78 is 4.47. The molecule has 0 saturated heterocycles. The molecule has 0 fully saturated rings. The average molecular weight is 218 g/mol. The number of carbonyl (C=O) groups is 3. The van der Waals surface area contributed by atoms with Crippen molar-refractivity contribution in [2.24, 2.45) is 0 Å². The number of rotatable bonds is 1. The lowest BCUT2D eigenvalue weighted by Gasteiger charge is -2.22. The van der Waals surface area contributed by atoms with Gasteiger partial charge in [-0.2, -0.15) is 0 Å². The first-order valence-electron chi connectivity index (χ1n) is 4.78. The van der Waals surface area contributed by atoms with Crippen LogP contribution >= 0.6 is 0 Å². The Morgan fingerprint density at radius 2 is 1.88 bits per heavy atom. The van der Waals surface area contributed by atoms with Crippen LogP contribution in [0.4, 0.5) is 0 Å². The molecule has 16 heavy (non-hydrogen) atoms. The number of benzene rings is 1. The molecule has 0 amide bonds. The highest BCUT2D eigenvalue weighted by molar-refractivity contribution is 6.17. The Hall–Kier alpha value is -2.17. The summed E-state index contributed by atoms with van der Waals surface area (Å²) in [6.45, 7) is 0. The SMILES string of the molecule is O=C(O)c1cc2c(c3c1CC3)C(=O)OC2=O. The van der Waals surface area contributed by atoms with Gasteiger partial charge in [0, 0.05) is 0 Å². The molecule has 0 saturated carbocycles. The zero-order chi connectivity index (χ0) is 11.4. The first-order valence-corrected chi connectivity index (χ1v) is 4.78. The molecule has 1 aliphatic carbocycles. The van der Waals surface area contributed by atoms with Crippen molar-refractivity contribution in [3.8, 4) is 0 Å². The first-order chi connectivity index (χ1) is 7.59. The van der Waals surface area contributed by atoms with Crippen LogP contribution < -0.4 is 0 Å². The summed E-state index contributed by atoms with van der Waals surface area (Å²) in [6, 6.07) is 1.24. The van der Waals surface area contributed by atoms with Gasteiger partial charge in [0.25, 0.3) is 0 Å². The van der Waals surface area contributed by atoms with Crippen molar-refractivity contribution in [2.45, 2.75) is 12.8 Å². The molecular weight excluding hydrogens is 212 g/mol. The fraction of sp³-hybridized carbons (Fsp3) is 0.182. The van der Waals surface area contributed by atoms with Crippen molar-refractivity contribution >= 4 is 17.9 Å². The zero-order valence-electron chi connectivity index (χ0n) is 8.07. The molecule has 5 nitrogen and oxygen atoms in total. The molecule has 0 radical (unpaired) electrons. The van der Waals surface area contributed by atoms with Crippen molar-refractivity contribution in [2.75, 3.05) is 0 Å². The van der Waals surface area contributed by atoms with Gasteiger partial charge in [-0.1, -0.05) is 0 Å². The summed E-state index contributed by atoms with van der Waals surface area (Å²) in [5.74, 6) is -2.49. The first kappa shape index (κ1) is 9.08. The minimum absolute atomic E-state index is 0.0841. The second-order valence-corrected chi connectivity index (χ2v) is 3.79. The molecule has 1 heterocycles. The normalized spacial score (nSPS) is 16.2. The Kier molecular flexibility index (Phi) is 1.53. The number of cyclic esters (lactones) is 2. The third kappa shape index (κ3) is 0.920. The van der Waals surface area contributed by atoms with Gasteiger partial charge in [0.05, 0.1) is 16.7 Å². The van der Waals surface area contributed by atoms with Gasteiger partial charge in [-0.25, -0.2) is 14.4 Å². The average Bonchev–Trinajstić information content (AvgIpc) is 2.41. The number of fused-ring (bicyclic) bond motifs is 3. The van der Waals surface area contributed by atoms with Gasteiger partial charge in [0.2, 0.25) is 0 Å². The molecule has 1 N–H and O–H groups in total. The highest BCUT2D eigenvalue weighted by atomic mass is 16.6. The van der Waals surface area contributed by atoms with E-state index in [-0.39, 0.29) is 16.7 Å². The van der Waals surface area contributed by atoms with E-state index in [0.717, 1.165) is 0 Å². The summed E-state index contributed by atoms with van der Waals surface area (Å²) >= 11 is 0. The van der Waals surface area contributed by atoms with E-state index in [1.807, 2.05) is 0 Å². The van der Waals surface area contributed by atoms with E-state index in [4.69, 9.17) is 5.11 Å². The van der Waals surface area contributed by atoms with Crippen molar-refractivity contribution in [3.63, 3.8) is 0 Å². The maximum absolute atomic E-state index is 11.4. The number of carbonyl (C=O) groups excluding carboxylic acids is 2. The standard InChI is InChI=1S/C11H6O5/c12-9(13)6-3-7-8(5-2-1-4(5)6)11(15)16-10(7)14/h3H,1-2H2,(H,12,13). The van der Waals surface area contributed by atoms with Crippen LogP contribution in [0.1, 0.15) is 42.2 Å². The lowest BCUT2D eigenvalue weighted by molar-refractivity contribution is 0.0443. The van der Waals surface area contributed by atoms with Gasteiger partial charge in [0.15, 0.2) is 0 Å². The van der Waals surface area contributed by atoms with E-state index in [0.29, 0.717) is 24.0 Å². The van der Waals surface area contributed by atoms with E-state index >= 15 is 0 Å². The predicted octanol–water partition coefficient (Wildman–Crippen LogP) is 0.794. The number of carboxylic acids is 1. The van der Waals surface area contributed by atoms with Crippen LogP contribution in [0.5, 0.6) is 0 Å². The second kappa shape index (κ2) is 2.69. The molecule has 2 aliphatic rings. The van der Waals surface area contributed by atoms with Crippen LogP contribution in [0.15, 0.2) is 6.07 Å². The fourth-order valence-electron chi connectivity index (χ4n) is 2.19. The molecule has 0 spiro atoms. The van der Waals surface area contributed by atoms with E-state index in [9.17, 15) is 14.4 Å². The van der Waals surface area contributed by atoms with Crippen LogP contribution in [0, 0.1) is 0 Å². The van der Waals surface area contributed by atoms with Crippen molar-refractivity contribution in [1.29, 1.82) is 0 Å². The van der Waals surface area contributed by atoms with Gasteiger partial charge >= 0.3 is 17.9 Å². The number of aromatic carboxylic acids is 1. The molecule has 1 aliphatic heterocycles. The van der Waals surface area contributed by atoms with Crippen molar-refractivity contribution < 1.29 is 24.2 Å². The highest BCUT2D eigenvalue weighted by Crippen LogP contribution is 2.36. The maximum Gasteiger partial charge on any atom is 0.347 e. The molecule has 0 bridgehead atoms. The molecule has 3 rings (SSSR count). The monoisotopic (exact) mass is 218 g/mol. The third-order valence-electron chi connectivity index (χ3n) is 3.01. The summed E-state index contributed by atoms with van der Waals surface area (Å²) in [4.78, 5) is 33.6. The van der Waals surface area contributed by atoms with Crippen LogP contribution in [-0.2, 0) is 17.6 Å². The fourth-order valence-corrected chi connectivity index (χ4v) is 2.19. The Morgan fingerprint density at radius 1 is 1.19 bits per heavy atom. The minimum Gasteiger partial charge on any atom is -0.478 e. The molecule has 1 aromatic rings. The highest BCUT2D eigenvalue weighted by Gasteiger charge is 2.38. The molecule has 5 heteroatoms. The van der Waals surface area contributed by atoms with Crippen LogP contribution in [0.25, 0.3) is 0 Å². The Morgan fingerprint density at radius 3 is 2.44 bits per heavy atom. The number of carboxylic acid groups (broad SMARTS) is 1. The van der Waals surface area contributed by atoms with E-state index in [1.54, 1.807) is 0 Å². The summed E-state index contributed by atoms with van der Waals surface area (Å²) in [5, 5.41) is 8.97. The third-order valence-corrected chi connectivity index (χ3v) is 3.01. The van der Waals surface area contributed by atoms with Crippen LogP contribution in [0.3, 0.4) is 0 Å². The Bertz CT molecular complexity index is 570. The van der Waals surface area contributed by atoms with E-state index in [2.05, 4.69) is 4.74 Å². The van der Waals surface area contributed by atoms with Crippen molar-refractivity contribution in [1.82, 2.24) is 0 Å². The van der Waals surface area contributed by atoms with Gasteiger partial charge in [-0.15, -0.1) is 0 Å². The molecule has 0 atom stereocenters. The number of hydrogen-bond acceptors (Lipinski definition) is 4. The quantitative estimate of drug-likeness (QED) is 0.556. The summed E-state index contributed by atoms with van der Waals surface area (Å²) in [6.07, 6.45) is 1.26. The van der Waals surface area contributed by atoms with Gasteiger partial charge in [-0.3, -0.25) is 0 Å². The lowest BCUT2D eigenvalue weighted by Crippen LogP contribution is -2.19. The number of esters is 2. The molecule has 0 aromatic heterocycles. The Labute approximate surface area is 89.6 Å². The molecule has 80 valence electrons. The van der Waals surface area contributed by atoms with Crippen LogP contribution in [-0.4, -0.2) is 23.0 Å². The van der Waals surface area contributed by atoms with Gasteiger partial charge in [0.1, 0.15) is 0 Å². The van der Waals surface area contributed by atoms with E-state index < -0.39 is 17.9 Å². The summed E-state index contributed by atoms with van der Waals surface area (Å²) in [5.41, 5.74) is 1.76. The second-order valence-electron chi connectivity index (χ2n) is 3.79. The van der Waals surface area contributed by atoms with Gasteiger partial charge in [-0.05, 0) is 30.0 Å². The van der Waals surface area contributed by atoms with Gasteiger partial charge < -0.3 is 9.84 Å². The minimum atomic E-state index is -1.08. The lowest BCUT2D eigenvalue weighted by atomic mass is 9.79. The van der Waals surface area contributed by atoms with E-state index in [1.165, 1.54) is 6.07 Å². The number of ether oxygens (including phenoxy) is 1. The molecular formula is C11H6O5. The molecule has 0 unspecified atom stereocenters. The smallest absolute Gasteiger partial charge is 0.347 e. The molecule has 1 aromatic carbocycles. The largest absolute Gasteiger partial charge is 0.478 e. The summed E-state index contributed by atoms with van der Waals surface area (Å²) in [7, 11) is 0. The topological polar surface area (TPSA) is 80.7 Å². The maximum atomic E-state index is 11.4. The predicted molar refractivity (Wildman–Crippen MR) is 50.6 cm³/mol. The zero-order valence-corrected chi connectivity index (χ0v) is 8.07. The Balaban J connectivity index is 2.35. The number of hydrogen-bond donors (Lipinski definition) is 1. The van der Waals surface area contributed by atoms with Crippen molar-refractivity contribution in [3.05, 3.63) is 33.9 Å². The van der Waals surface area contributed by atoms with Crippen LogP contribution in [0.2, 0.25) is 0 Å².